The third-order valence-corrected chi connectivity index (χ3v) is 4.57. The zero-order valence-electron chi connectivity index (χ0n) is 12.4. The lowest BCUT2D eigenvalue weighted by molar-refractivity contribution is 0.0674. The normalized spacial score (nSPS) is 18.5. The smallest absolute Gasteiger partial charge is 0.107 e. The molecule has 1 saturated heterocycles. The number of hydrogen-bond acceptors (Lipinski definition) is 5. The third-order valence-electron chi connectivity index (χ3n) is 3.62. The van der Waals surface area contributed by atoms with Crippen LogP contribution in [0.1, 0.15) is 29.2 Å². The fourth-order valence-electron chi connectivity index (χ4n) is 2.65. The largest absolute Gasteiger partial charge is 0.377 e. The van der Waals surface area contributed by atoms with Crippen molar-refractivity contribution in [1.29, 1.82) is 0 Å². The first-order valence-corrected chi connectivity index (χ1v) is 8.32. The number of hydrogen-bond donors (Lipinski definition) is 0. The summed E-state index contributed by atoms with van der Waals surface area (Å²) in [5.74, 6) is 0. The van der Waals surface area contributed by atoms with Crippen molar-refractivity contribution < 1.29 is 4.74 Å². The van der Waals surface area contributed by atoms with E-state index in [1.54, 1.807) is 11.3 Å². The summed E-state index contributed by atoms with van der Waals surface area (Å²) in [5.41, 5.74) is 2.20. The lowest BCUT2D eigenvalue weighted by atomic mass is 10.2. The summed E-state index contributed by atoms with van der Waals surface area (Å²) in [7, 11) is 0. The van der Waals surface area contributed by atoms with E-state index in [9.17, 15) is 0 Å². The van der Waals surface area contributed by atoms with Gasteiger partial charge in [0.2, 0.25) is 0 Å². The van der Waals surface area contributed by atoms with Crippen molar-refractivity contribution in [3.05, 3.63) is 46.2 Å². The van der Waals surface area contributed by atoms with Gasteiger partial charge in [0.05, 0.1) is 18.3 Å². The van der Waals surface area contributed by atoms with Gasteiger partial charge in [-0.25, -0.2) is 4.98 Å². The number of pyridine rings is 1. The number of thiazole rings is 1. The molecule has 2 aromatic heterocycles. The Labute approximate surface area is 129 Å². The van der Waals surface area contributed by atoms with Gasteiger partial charge < -0.3 is 4.74 Å². The summed E-state index contributed by atoms with van der Waals surface area (Å²) < 4.78 is 5.78. The summed E-state index contributed by atoms with van der Waals surface area (Å²) >= 11 is 1.73. The average molecular weight is 303 g/mol. The maximum atomic E-state index is 5.78. The number of rotatable bonds is 6. The molecule has 1 atom stereocenters. The monoisotopic (exact) mass is 303 g/mol. The first-order chi connectivity index (χ1) is 10.3. The van der Waals surface area contributed by atoms with Gasteiger partial charge in [-0.05, 0) is 31.9 Å². The van der Waals surface area contributed by atoms with Gasteiger partial charge in [-0.2, -0.15) is 0 Å². The second-order valence-electron chi connectivity index (χ2n) is 5.51. The van der Waals surface area contributed by atoms with Crippen LogP contribution in [0.2, 0.25) is 0 Å². The molecule has 0 aromatic carbocycles. The van der Waals surface area contributed by atoms with E-state index in [0.717, 1.165) is 44.0 Å². The molecule has 0 N–H and O–H groups in total. The van der Waals surface area contributed by atoms with Crippen molar-refractivity contribution >= 4 is 11.3 Å². The van der Waals surface area contributed by atoms with Gasteiger partial charge >= 0.3 is 0 Å². The van der Waals surface area contributed by atoms with Crippen LogP contribution >= 0.6 is 11.3 Å². The molecule has 1 unspecified atom stereocenters. The van der Waals surface area contributed by atoms with Gasteiger partial charge in [0.15, 0.2) is 0 Å². The van der Waals surface area contributed by atoms with Gasteiger partial charge in [-0.3, -0.25) is 9.88 Å². The molecule has 5 heteroatoms. The Balaban J connectivity index is 1.67. The van der Waals surface area contributed by atoms with Crippen LogP contribution in [0.25, 0.3) is 0 Å². The van der Waals surface area contributed by atoms with Crippen LogP contribution in [0.15, 0.2) is 29.8 Å². The molecular formula is C16H21N3OS. The van der Waals surface area contributed by atoms with Crippen molar-refractivity contribution in [1.82, 2.24) is 14.9 Å². The summed E-state index contributed by atoms with van der Waals surface area (Å²) in [4.78, 5) is 11.4. The van der Waals surface area contributed by atoms with Crippen LogP contribution in [0.5, 0.6) is 0 Å². The van der Waals surface area contributed by atoms with Gasteiger partial charge in [0, 0.05) is 37.0 Å². The molecule has 1 fully saturated rings. The molecule has 0 saturated carbocycles. The maximum absolute atomic E-state index is 5.78. The lowest BCUT2D eigenvalue weighted by Crippen LogP contribution is -2.31. The highest BCUT2D eigenvalue weighted by atomic mass is 32.1. The van der Waals surface area contributed by atoms with E-state index in [2.05, 4.69) is 26.3 Å². The first-order valence-electron chi connectivity index (χ1n) is 7.44. The molecule has 0 radical (unpaired) electrons. The highest BCUT2D eigenvalue weighted by molar-refractivity contribution is 7.09. The Morgan fingerprint density at radius 1 is 1.38 bits per heavy atom. The Morgan fingerprint density at radius 3 is 3.00 bits per heavy atom. The van der Waals surface area contributed by atoms with Crippen molar-refractivity contribution in [3.8, 4) is 0 Å². The van der Waals surface area contributed by atoms with Gasteiger partial charge in [0.25, 0.3) is 0 Å². The van der Waals surface area contributed by atoms with Crippen LogP contribution in [0, 0.1) is 6.92 Å². The molecule has 21 heavy (non-hydrogen) atoms. The summed E-state index contributed by atoms with van der Waals surface area (Å²) in [6, 6.07) is 6.08. The number of aromatic nitrogens is 2. The van der Waals surface area contributed by atoms with Gasteiger partial charge in [0.1, 0.15) is 5.01 Å². The van der Waals surface area contributed by atoms with Crippen LogP contribution in [0.3, 0.4) is 0 Å². The van der Waals surface area contributed by atoms with E-state index in [1.807, 2.05) is 25.3 Å². The van der Waals surface area contributed by atoms with Crippen molar-refractivity contribution in [3.63, 3.8) is 0 Å². The van der Waals surface area contributed by atoms with Crippen molar-refractivity contribution in [2.75, 3.05) is 13.2 Å². The Hall–Kier alpha value is -1.30. The number of aryl methyl sites for hydroxylation is 1. The van der Waals surface area contributed by atoms with E-state index >= 15 is 0 Å². The average Bonchev–Trinajstić information content (AvgIpc) is 3.12. The highest BCUT2D eigenvalue weighted by Crippen LogP contribution is 2.18. The zero-order valence-corrected chi connectivity index (χ0v) is 13.2. The van der Waals surface area contributed by atoms with Gasteiger partial charge in [-0.1, -0.05) is 6.07 Å². The fraction of sp³-hybridized carbons (Fsp3) is 0.500. The third kappa shape index (κ3) is 4.33. The molecule has 1 aliphatic rings. The minimum absolute atomic E-state index is 0.356. The molecule has 3 heterocycles. The molecule has 2 aromatic rings. The molecule has 0 bridgehead atoms. The maximum Gasteiger partial charge on any atom is 0.107 e. The fourth-order valence-corrected chi connectivity index (χ4v) is 3.46. The molecule has 1 aliphatic heterocycles. The SMILES string of the molecule is Cc1csc(CN(Cc2ccccn2)CC2CCCO2)n1. The van der Waals surface area contributed by atoms with E-state index in [1.165, 1.54) is 11.4 Å². The van der Waals surface area contributed by atoms with Crippen LogP contribution in [0.4, 0.5) is 0 Å². The first kappa shape index (κ1) is 14.6. The van der Waals surface area contributed by atoms with E-state index in [0.29, 0.717) is 6.10 Å². The molecule has 3 rings (SSSR count). The summed E-state index contributed by atoms with van der Waals surface area (Å²) in [6.45, 7) is 5.62. The van der Waals surface area contributed by atoms with Crippen molar-refractivity contribution in [2.24, 2.45) is 0 Å². The topological polar surface area (TPSA) is 38.2 Å². The minimum Gasteiger partial charge on any atom is -0.377 e. The highest BCUT2D eigenvalue weighted by Gasteiger charge is 2.20. The van der Waals surface area contributed by atoms with E-state index in [-0.39, 0.29) is 0 Å². The van der Waals surface area contributed by atoms with Crippen LogP contribution < -0.4 is 0 Å². The predicted molar refractivity (Wildman–Crippen MR) is 84.2 cm³/mol. The minimum atomic E-state index is 0.356. The zero-order chi connectivity index (χ0) is 14.5. The Morgan fingerprint density at radius 2 is 2.33 bits per heavy atom. The quantitative estimate of drug-likeness (QED) is 0.822. The van der Waals surface area contributed by atoms with E-state index < -0.39 is 0 Å². The standard InChI is InChI=1S/C16H21N3OS/c1-13-12-21-16(18-13)11-19(10-15-6-4-8-20-15)9-14-5-2-3-7-17-14/h2-3,5,7,12,15H,4,6,8-11H2,1H3. The van der Waals surface area contributed by atoms with Crippen LogP contribution in [-0.4, -0.2) is 34.1 Å². The number of nitrogens with zero attached hydrogens (tertiary/aromatic N) is 3. The van der Waals surface area contributed by atoms with Gasteiger partial charge in [-0.15, -0.1) is 11.3 Å². The molecule has 0 amide bonds. The Bertz CT molecular complexity index is 552. The molecule has 0 spiro atoms. The molecule has 112 valence electrons. The second kappa shape index (κ2) is 7.11. The Kier molecular flexibility index (Phi) is 4.95. The van der Waals surface area contributed by atoms with E-state index in [4.69, 9.17) is 4.74 Å². The molecule has 0 aliphatic carbocycles. The molecular weight excluding hydrogens is 282 g/mol. The van der Waals surface area contributed by atoms with Crippen LogP contribution in [-0.2, 0) is 17.8 Å². The molecule has 4 nitrogen and oxygen atoms in total. The summed E-state index contributed by atoms with van der Waals surface area (Å²) in [6.07, 6.45) is 4.55. The lowest BCUT2D eigenvalue weighted by Gasteiger charge is -2.23. The van der Waals surface area contributed by atoms with Crippen molar-refractivity contribution in [2.45, 2.75) is 39.0 Å². The number of ether oxygens (including phenoxy) is 1. The second-order valence-corrected chi connectivity index (χ2v) is 6.45. The summed E-state index contributed by atoms with van der Waals surface area (Å²) in [5, 5.41) is 3.28. The predicted octanol–water partition coefficient (Wildman–Crippen LogP) is 3.03.